The maximum absolute atomic E-state index is 4.76. The van der Waals surface area contributed by atoms with Crippen LogP contribution in [-0.2, 0) is 0 Å². The van der Waals surface area contributed by atoms with Crippen LogP contribution in [0.3, 0.4) is 0 Å². The third-order valence-corrected chi connectivity index (χ3v) is 1.31. The lowest BCUT2D eigenvalue weighted by molar-refractivity contribution is 0.456. The van der Waals surface area contributed by atoms with Gasteiger partial charge in [-0.3, -0.25) is 0 Å². The van der Waals surface area contributed by atoms with Gasteiger partial charge in [-0.2, -0.15) is 0 Å². The van der Waals surface area contributed by atoms with Crippen LogP contribution in [0.2, 0.25) is 0 Å². The van der Waals surface area contributed by atoms with Crippen LogP contribution in [-0.4, -0.2) is 4.98 Å². The highest BCUT2D eigenvalue weighted by atomic mass is 33.1. The van der Waals surface area contributed by atoms with Crippen molar-refractivity contribution in [2.75, 3.05) is 0 Å². The molecule has 0 atom stereocenters. The summed E-state index contributed by atoms with van der Waals surface area (Å²) in [4.78, 5) is 3.75. The molecule has 7 heavy (non-hydrogen) atoms. The van der Waals surface area contributed by atoms with Crippen LogP contribution in [0.15, 0.2) is 22.1 Å². The topological polar surface area (TPSA) is 26.0 Å². The average molecular weight is 133 g/mol. The zero-order valence-electron chi connectivity index (χ0n) is 3.37. The van der Waals surface area contributed by atoms with Crippen molar-refractivity contribution < 1.29 is 4.42 Å². The van der Waals surface area contributed by atoms with Gasteiger partial charge in [0.15, 0.2) is 0 Å². The van der Waals surface area contributed by atoms with Crippen LogP contribution < -0.4 is 0 Å². The van der Waals surface area contributed by atoms with Crippen LogP contribution in [0.5, 0.6) is 0 Å². The Hall–Kier alpha value is -0.0900. The van der Waals surface area contributed by atoms with E-state index in [1.165, 1.54) is 17.1 Å². The van der Waals surface area contributed by atoms with E-state index in [2.05, 4.69) is 16.6 Å². The quantitative estimate of drug-likeness (QED) is 0.465. The van der Waals surface area contributed by atoms with Gasteiger partial charge in [0, 0.05) is 0 Å². The number of thiol groups is 1. The molecule has 0 aromatic carbocycles. The maximum Gasteiger partial charge on any atom is 0.266 e. The van der Waals surface area contributed by atoms with Crippen LogP contribution in [0.25, 0.3) is 0 Å². The number of hydrogen-bond acceptors (Lipinski definition) is 4. The van der Waals surface area contributed by atoms with E-state index in [0.29, 0.717) is 5.22 Å². The molecule has 1 aromatic rings. The Labute approximate surface area is 50.1 Å². The Balaban J connectivity index is 2.76. The van der Waals surface area contributed by atoms with Gasteiger partial charge in [0.1, 0.15) is 6.26 Å². The molecule has 0 amide bonds. The van der Waals surface area contributed by atoms with Crippen molar-refractivity contribution in [1.82, 2.24) is 4.98 Å². The molecule has 1 aromatic heterocycles. The molecule has 0 N–H and O–H groups in total. The summed E-state index contributed by atoms with van der Waals surface area (Å²) in [7, 11) is 1.19. The van der Waals surface area contributed by atoms with Crippen molar-refractivity contribution in [3.63, 3.8) is 0 Å². The molecular weight excluding hydrogens is 130 g/mol. The third kappa shape index (κ3) is 1.14. The lowest BCUT2D eigenvalue weighted by atomic mass is 11.0. The monoisotopic (exact) mass is 133 g/mol. The number of aromatic nitrogens is 1. The van der Waals surface area contributed by atoms with Crippen molar-refractivity contribution in [3.8, 4) is 0 Å². The fourth-order valence-electron chi connectivity index (χ4n) is 0.255. The summed E-state index contributed by atoms with van der Waals surface area (Å²) in [6, 6.07) is 0. The van der Waals surface area contributed by atoms with E-state index in [-0.39, 0.29) is 0 Å². The minimum absolute atomic E-state index is 0.586. The largest absolute Gasteiger partial charge is 0.439 e. The molecule has 4 heteroatoms. The fraction of sp³-hybridized carbons (Fsp3) is 0. The summed E-state index contributed by atoms with van der Waals surface area (Å²) < 4.78 is 4.76. The van der Waals surface area contributed by atoms with Crippen LogP contribution in [0, 0.1) is 0 Å². The van der Waals surface area contributed by atoms with E-state index < -0.39 is 0 Å². The molecule has 0 aliphatic rings. The SMILES string of the molecule is SSc1ncco1. The van der Waals surface area contributed by atoms with Gasteiger partial charge < -0.3 is 4.42 Å². The Morgan fingerprint density at radius 3 is 3.00 bits per heavy atom. The van der Waals surface area contributed by atoms with Gasteiger partial charge in [-0.25, -0.2) is 4.98 Å². The first-order chi connectivity index (χ1) is 3.43. The molecule has 0 aliphatic heterocycles. The summed E-state index contributed by atoms with van der Waals surface area (Å²) in [5, 5.41) is 0.586. The Morgan fingerprint density at radius 2 is 2.71 bits per heavy atom. The van der Waals surface area contributed by atoms with Gasteiger partial charge in [-0.05, 0) is 10.8 Å². The molecule has 2 nitrogen and oxygen atoms in total. The predicted octanol–water partition coefficient (Wildman–Crippen LogP) is 1.61. The second kappa shape index (κ2) is 2.28. The molecule has 0 fully saturated rings. The molecule has 1 rings (SSSR count). The normalized spacial score (nSPS) is 9.29. The maximum atomic E-state index is 4.76. The van der Waals surface area contributed by atoms with E-state index in [1.807, 2.05) is 0 Å². The van der Waals surface area contributed by atoms with E-state index >= 15 is 0 Å². The lowest BCUT2D eigenvalue weighted by Crippen LogP contribution is -1.56. The lowest BCUT2D eigenvalue weighted by Gasteiger charge is -1.75. The van der Waals surface area contributed by atoms with Crippen molar-refractivity contribution in [3.05, 3.63) is 12.5 Å². The van der Waals surface area contributed by atoms with E-state index in [4.69, 9.17) is 4.42 Å². The summed E-state index contributed by atoms with van der Waals surface area (Å²) in [5.74, 6) is 0. The fourth-order valence-corrected chi connectivity index (χ4v) is 0.733. The smallest absolute Gasteiger partial charge is 0.266 e. The summed E-state index contributed by atoms with van der Waals surface area (Å²) >= 11 is 3.84. The minimum Gasteiger partial charge on any atom is -0.439 e. The molecule has 0 bridgehead atoms. The van der Waals surface area contributed by atoms with Gasteiger partial charge in [0.05, 0.1) is 6.20 Å². The van der Waals surface area contributed by atoms with E-state index in [0.717, 1.165) is 0 Å². The highest BCUT2D eigenvalue weighted by Gasteiger charge is 1.88. The van der Waals surface area contributed by atoms with Crippen LogP contribution in [0.1, 0.15) is 0 Å². The zero-order valence-corrected chi connectivity index (χ0v) is 5.08. The highest BCUT2D eigenvalue weighted by molar-refractivity contribution is 8.68. The summed E-state index contributed by atoms with van der Waals surface area (Å²) in [6.45, 7) is 0. The number of oxazole rings is 1. The summed E-state index contributed by atoms with van der Waals surface area (Å²) in [6.07, 6.45) is 3.09. The van der Waals surface area contributed by atoms with E-state index in [1.54, 1.807) is 6.20 Å². The van der Waals surface area contributed by atoms with Gasteiger partial charge in [0.25, 0.3) is 5.22 Å². The number of hydrogen-bond donors (Lipinski definition) is 1. The van der Waals surface area contributed by atoms with Crippen molar-refractivity contribution in [2.24, 2.45) is 0 Å². The molecule has 0 saturated heterocycles. The van der Waals surface area contributed by atoms with Crippen molar-refractivity contribution in [2.45, 2.75) is 5.22 Å². The van der Waals surface area contributed by atoms with Gasteiger partial charge >= 0.3 is 0 Å². The van der Waals surface area contributed by atoms with Crippen LogP contribution >= 0.6 is 22.5 Å². The molecule has 0 spiro atoms. The molecular formula is C3H3NOS2. The molecule has 0 aliphatic carbocycles. The molecule has 38 valence electrons. The second-order valence-electron chi connectivity index (χ2n) is 0.889. The van der Waals surface area contributed by atoms with Crippen LogP contribution in [0.4, 0.5) is 0 Å². The second-order valence-corrected chi connectivity index (χ2v) is 1.97. The molecule has 0 saturated carbocycles. The molecule has 1 heterocycles. The first-order valence-corrected chi connectivity index (χ1v) is 3.51. The Bertz CT molecular complexity index is 127. The third-order valence-electron chi connectivity index (χ3n) is 0.488. The van der Waals surface area contributed by atoms with Gasteiger partial charge in [-0.15, -0.1) is 11.7 Å². The van der Waals surface area contributed by atoms with Crippen molar-refractivity contribution in [1.29, 1.82) is 0 Å². The number of nitrogens with zero attached hydrogens (tertiary/aromatic N) is 1. The van der Waals surface area contributed by atoms with E-state index in [9.17, 15) is 0 Å². The zero-order chi connectivity index (χ0) is 5.11. The average Bonchev–Trinajstić information content (AvgIpc) is 2.14. The Kier molecular flexibility index (Phi) is 1.64. The molecule has 0 unspecified atom stereocenters. The predicted molar refractivity (Wildman–Crippen MR) is 31.3 cm³/mol. The summed E-state index contributed by atoms with van der Waals surface area (Å²) in [5.41, 5.74) is 0. The highest BCUT2D eigenvalue weighted by Crippen LogP contribution is 2.17. The van der Waals surface area contributed by atoms with Crippen molar-refractivity contribution >= 4 is 22.5 Å². The Morgan fingerprint density at radius 1 is 1.86 bits per heavy atom. The standard InChI is InChI=1S/C3H3NOS2/c6-7-3-4-1-2-5-3/h1-2,6H. The first-order valence-electron chi connectivity index (χ1n) is 1.64. The number of rotatable bonds is 1. The van der Waals surface area contributed by atoms with Gasteiger partial charge in [0.2, 0.25) is 0 Å². The molecule has 0 radical (unpaired) electrons. The first kappa shape index (κ1) is 5.05. The van der Waals surface area contributed by atoms with Gasteiger partial charge in [-0.1, -0.05) is 0 Å². The minimum atomic E-state index is 0.586.